The number of hydrogen-bond donors (Lipinski definition) is 1. The number of fused-ring (bicyclic) bond motifs is 2. The summed E-state index contributed by atoms with van der Waals surface area (Å²) in [5.41, 5.74) is 1.66. The Morgan fingerprint density at radius 2 is 1.82 bits per heavy atom. The molecule has 3 aromatic rings. The molecule has 0 unspecified atom stereocenters. The summed E-state index contributed by atoms with van der Waals surface area (Å²) in [6.45, 7) is 0.682. The van der Waals surface area contributed by atoms with Gasteiger partial charge in [0.25, 0.3) is 11.8 Å². The zero-order valence-electron chi connectivity index (χ0n) is 17.9. The summed E-state index contributed by atoms with van der Waals surface area (Å²) < 4.78 is 46.5. The average Bonchev–Trinajstić information content (AvgIpc) is 2.90. The molecule has 0 spiro atoms. The Hall–Kier alpha value is -3.50. The van der Waals surface area contributed by atoms with E-state index < -0.39 is 18.0 Å². The zero-order valence-corrected chi connectivity index (χ0v) is 18.7. The topological polar surface area (TPSA) is 67.9 Å². The fourth-order valence-corrected chi connectivity index (χ4v) is 4.56. The van der Waals surface area contributed by atoms with Gasteiger partial charge in [0.15, 0.2) is 0 Å². The second kappa shape index (κ2) is 9.78. The summed E-state index contributed by atoms with van der Waals surface area (Å²) in [5, 5.41) is 2.69. The zero-order chi connectivity index (χ0) is 24.3. The Morgan fingerprint density at radius 3 is 2.59 bits per heavy atom. The molecule has 0 radical (unpaired) electrons. The maximum atomic E-state index is 13.2. The SMILES string of the molecule is COCCN1C(=O)c2ccccc2Sc2cc(NC(=O)c3cccc(OC(F)(F)F)c3)ccc21. The van der Waals surface area contributed by atoms with Gasteiger partial charge in [0.05, 0.1) is 17.9 Å². The van der Waals surface area contributed by atoms with Gasteiger partial charge in [0.1, 0.15) is 5.75 Å². The number of nitrogens with one attached hydrogen (secondary N) is 1. The van der Waals surface area contributed by atoms with Gasteiger partial charge in [-0.2, -0.15) is 0 Å². The third-order valence-electron chi connectivity index (χ3n) is 4.94. The summed E-state index contributed by atoms with van der Waals surface area (Å²) in [4.78, 5) is 29.0. The smallest absolute Gasteiger partial charge is 0.406 e. The van der Waals surface area contributed by atoms with Gasteiger partial charge < -0.3 is 19.7 Å². The number of halogens is 3. The molecule has 6 nitrogen and oxygen atoms in total. The van der Waals surface area contributed by atoms with Crippen molar-refractivity contribution in [2.24, 2.45) is 0 Å². The minimum atomic E-state index is -4.86. The molecule has 4 rings (SSSR count). The number of methoxy groups -OCH3 is 1. The van der Waals surface area contributed by atoms with Crippen LogP contribution in [0.25, 0.3) is 0 Å². The highest BCUT2D eigenvalue weighted by Crippen LogP contribution is 2.42. The van der Waals surface area contributed by atoms with Crippen LogP contribution in [0.4, 0.5) is 24.5 Å². The molecular weight excluding hydrogens is 469 g/mol. The Balaban J connectivity index is 1.62. The molecule has 176 valence electrons. The molecule has 1 heterocycles. The minimum absolute atomic E-state index is 0.00610. The Kier molecular flexibility index (Phi) is 6.80. The van der Waals surface area contributed by atoms with Gasteiger partial charge in [-0.05, 0) is 48.5 Å². The highest BCUT2D eigenvalue weighted by atomic mass is 32.2. The normalized spacial score (nSPS) is 13.1. The van der Waals surface area contributed by atoms with E-state index >= 15 is 0 Å². The van der Waals surface area contributed by atoms with Crippen LogP contribution in [0.3, 0.4) is 0 Å². The van der Waals surface area contributed by atoms with Crippen molar-refractivity contribution in [1.29, 1.82) is 0 Å². The van der Waals surface area contributed by atoms with E-state index in [1.54, 1.807) is 42.3 Å². The largest absolute Gasteiger partial charge is 0.573 e. The summed E-state index contributed by atoms with van der Waals surface area (Å²) in [6, 6.07) is 17.1. The van der Waals surface area contributed by atoms with Crippen molar-refractivity contribution < 1.29 is 32.2 Å². The summed E-state index contributed by atoms with van der Waals surface area (Å²) >= 11 is 1.39. The molecule has 0 bridgehead atoms. The van der Waals surface area contributed by atoms with Gasteiger partial charge in [-0.25, -0.2) is 0 Å². The number of hydrogen-bond acceptors (Lipinski definition) is 5. The number of carbonyl (C=O) groups is 2. The van der Waals surface area contributed by atoms with Crippen molar-refractivity contribution in [2.45, 2.75) is 16.2 Å². The second-order valence-electron chi connectivity index (χ2n) is 7.26. The lowest BCUT2D eigenvalue weighted by Gasteiger charge is -2.23. The van der Waals surface area contributed by atoms with E-state index in [9.17, 15) is 22.8 Å². The number of anilines is 2. The quantitative estimate of drug-likeness (QED) is 0.490. The number of alkyl halides is 3. The molecule has 1 N–H and O–H groups in total. The maximum Gasteiger partial charge on any atom is 0.573 e. The van der Waals surface area contributed by atoms with Crippen molar-refractivity contribution in [3.8, 4) is 5.75 Å². The Bertz CT molecular complexity index is 1230. The van der Waals surface area contributed by atoms with E-state index in [1.165, 1.54) is 23.9 Å². The van der Waals surface area contributed by atoms with Crippen LogP contribution >= 0.6 is 11.8 Å². The van der Waals surface area contributed by atoms with Crippen molar-refractivity contribution in [3.05, 3.63) is 77.9 Å². The van der Waals surface area contributed by atoms with Crippen molar-refractivity contribution >= 4 is 35.0 Å². The van der Waals surface area contributed by atoms with E-state index in [0.717, 1.165) is 21.9 Å². The highest BCUT2D eigenvalue weighted by molar-refractivity contribution is 7.99. The summed E-state index contributed by atoms with van der Waals surface area (Å²) in [5.74, 6) is -1.24. The molecule has 1 aliphatic heterocycles. The average molecular weight is 488 g/mol. The van der Waals surface area contributed by atoms with E-state index in [-0.39, 0.29) is 11.5 Å². The highest BCUT2D eigenvalue weighted by Gasteiger charge is 2.31. The maximum absolute atomic E-state index is 13.2. The van der Waals surface area contributed by atoms with Gasteiger partial charge >= 0.3 is 6.36 Å². The summed E-state index contributed by atoms with van der Waals surface area (Å²) in [6.07, 6.45) is -4.86. The summed E-state index contributed by atoms with van der Waals surface area (Å²) in [7, 11) is 1.55. The molecule has 2 amide bonds. The van der Waals surface area contributed by atoms with Crippen LogP contribution in [0.1, 0.15) is 20.7 Å². The van der Waals surface area contributed by atoms with Gasteiger partial charge in [-0.15, -0.1) is 13.2 Å². The molecule has 34 heavy (non-hydrogen) atoms. The van der Waals surface area contributed by atoms with E-state index in [4.69, 9.17) is 4.74 Å². The van der Waals surface area contributed by atoms with E-state index in [1.807, 2.05) is 12.1 Å². The van der Waals surface area contributed by atoms with Gasteiger partial charge in [-0.1, -0.05) is 30.0 Å². The second-order valence-corrected chi connectivity index (χ2v) is 8.34. The van der Waals surface area contributed by atoms with Crippen LogP contribution in [-0.4, -0.2) is 38.4 Å². The Morgan fingerprint density at radius 1 is 1.03 bits per heavy atom. The van der Waals surface area contributed by atoms with Crippen LogP contribution in [0, 0.1) is 0 Å². The lowest BCUT2D eigenvalue weighted by atomic mass is 10.1. The number of benzene rings is 3. The fraction of sp³-hybridized carbons (Fsp3) is 0.167. The predicted octanol–water partition coefficient (Wildman–Crippen LogP) is 5.60. The van der Waals surface area contributed by atoms with Crippen LogP contribution in [0.2, 0.25) is 0 Å². The third-order valence-corrected chi connectivity index (χ3v) is 6.06. The van der Waals surface area contributed by atoms with Crippen LogP contribution < -0.4 is 15.0 Å². The molecule has 3 aromatic carbocycles. The first-order valence-corrected chi connectivity index (χ1v) is 11.0. The number of carbonyl (C=O) groups excluding carboxylic acids is 2. The number of nitrogens with zero attached hydrogens (tertiary/aromatic N) is 1. The number of ether oxygens (including phenoxy) is 2. The molecule has 0 saturated carbocycles. The monoisotopic (exact) mass is 488 g/mol. The standard InChI is InChI=1S/C24H19F3N2O4S/c1-32-12-11-29-19-10-9-16(14-21(19)34-20-8-3-2-7-18(20)23(29)31)28-22(30)15-5-4-6-17(13-15)33-24(25,26)27/h2-10,13-14H,11-12H2,1H3,(H,28,30). The number of rotatable bonds is 6. The van der Waals surface area contributed by atoms with Crippen molar-refractivity contribution in [2.75, 3.05) is 30.5 Å². The predicted molar refractivity (Wildman–Crippen MR) is 122 cm³/mol. The number of amides is 2. The van der Waals surface area contributed by atoms with E-state index in [0.29, 0.717) is 30.1 Å². The van der Waals surface area contributed by atoms with Crippen molar-refractivity contribution in [3.63, 3.8) is 0 Å². The molecule has 0 saturated heterocycles. The van der Waals surface area contributed by atoms with Gasteiger partial charge in [0.2, 0.25) is 0 Å². The lowest BCUT2D eigenvalue weighted by Crippen LogP contribution is -2.33. The van der Waals surface area contributed by atoms with Gasteiger partial charge in [0, 0.05) is 34.7 Å². The first-order chi connectivity index (χ1) is 16.2. The first kappa shape index (κ1) is 23.7. The molecule has 0 atom stereocenters. The molecular formula is C24H19F3N2O4S. The lowest BCUT2D eigenvalue weighted by molar-refractivity contribution is -0.274. The fourth-order valence-electron chi connectivity index (χ4n) is 3.44. The molecule has 0 aromatic heterocycles. The molecule has 10 heteroatoms. The first-order valence-electron chi connectivity index (χ1n) is 10.1. The van der Waals surface area contributed by atoms with Crippen LogP contribution in [-0.2, 0) is 4.74 Å². The van der Waals surface area contributed by atoms with Crippen molar-refractivity contribution in [1.82, 2.24) is 0 Å². The third kappa shape index (κ3) is 5.35. The Labute approximate surface area is 197 Å². The van der Waals surface area contributed by atoms with Crippen LogP contribution in [0.5, 0.6) is 5.75 Å². The minimum Gasteiger partial charge on any atom is -0.406 e. The van der Waals surface area contributed by atoms with Gasteiger partial charge in [-0.3, -0.25) is 9.59 Å². The molecule has 0 aliphatic carbocycles. The molecule has 1 aliphatic rings. The molecule has 0 fully saturated rings. The van der Waals surface area contributed by atoms with Crippen LogP contribution in [0.15, 0.2) is 76.5 Å². The van der Waals surface area contributed by atoms with E-state index in [2.05, 4.69) is 10.1 Å².